The molecule has 2 heterocycles. The van der Waals surface area contributed by atoms with E-state index in [2.05, 4.69) is 31.7 Å². The average Bonchev–Trinajstić information content (AvgIpc) is 2.71. The van der Waals surface area contributed by atoms with Crippen molar-refractivity contribution in [3.05, 3.63) is 21.4 Å². The quantitative estimate of drug-likeness (QED) is 0.808. The highest BCUT2D eigenvalue weighted by atomic mass is 32.1. The molecule has 1 fully saturated rings. The van der Waals surface area contributed by atoms with E-state index in [1.165, 1.54) is 16.9 Å². The van der Waals surface area contributed by atoms with Crippen LogP contribution in [0.4, 0.5) is 0 Å². The summed E-state index contributed by atoms with van der Waals surface area (Å²) in [6.07, 6.45) is 5.80. The lowest BCUT2D eigenvalue weighted by molar-refractivity contribution is 0.0640. The summed E-state index contributed by atoms with van der Waals surface area (Å²) in [5.74, 6) is 0.248. The van der Waals surface area contributed by atoms with Crippen LogP contribution in [-0.4, -0.2) is 23.4 Å². The third kappa shape index (κ3) is 2.77. The molecule has 0 aromatic carbocycles. The second kappa shape index (κ2) is 5.87. The third-order valence-electron chi connectivity index (χ3n) is 3.81. The first-order valence-electron chi connectivity index (χ1n) is 7.03. The SMILES string of the molecule is CCCc1cc(C(=O)N2CCCCC2C)sc1C. The van der Waals surface area contributed by atoms with Crippen LogP contribution in [-0.2, 0) is 6.42 Å². The van der Waals surface area contributed by atoms with Gasteiger partial charge in [-0.2, -0.15) is 0 Å². The van der Waals surface area contributed by atoms with Gasteiger partial charge in [0.25, 0.3) is 5.91 Å². The van der Waals surface area contributed by atoms with Gasteiger partial charge in [0.15, 0.2) is 0 Å². The lowest BCUT2D eigenvalue weighted by Crippen LogP contribution is -2.41. The van der Waals surface area contributed by atoms with Crippen LogP contribution in [0.2, 0.25) is 0 Å². The summed E-state index contributed by atoms with van der Waals surface area (Å²) in [7, 11) is 0. The summed E-state index contributed by atoms with van der Waals surface area (Å²) < 4.78 is 0. The van der Waals surface area contributed by atoms with Crippen LogP contribution >= 0.6 is 11.3 Å². The molecule has 0 saturated carbocycles. The predicted molar refractivity (Wildman–Crippen MR) is 77.4 cm³/mol. The Morgan fingerprint density at radius 2 is 2.28 bits per heavy atom. The number of hydrogen-bond acceptors (Lipinski definition) is 2. The molecule has 100 valence electrons. The van der Waals surface area contributed by atoms with E-state index in [0.29, 0.717) is 6.04 Å². The molecule has 2 nitrogen and oxygen atoms in total. The van der Waals surface area contributed by atoms with Crippen LogP contribution < -0.4 is 0 Å². The molecule has 1 aromatic heterocycles. The predicted octanol–water partition coefficient (Wildman–Crippen LogP) is 4.02. The fraction of sp³-hybridized carbons (Fsp3) is 0.667. The average molecular weight is 265 g/mol. The molecule has 1 aliphatic rings. The number of aryl methyl sites for hydroxylation is 2. The van der Waals surface area contributed by atoms with Gasteiger partial charge in [-0.3, -0.25) is 4.79 Å². The molecule has 0 N–H and O–H groups in total. The van der Waals surface area contributed by atoms with Gasteiger partial charge in [0.1, 0.15) is 0 Å². The van der Waals surface area contributed by atoms with Crippen LogP contribution in [0.25, 0.3) is 0 Å². The lowest BCUT2D eigenvalue weighted by Gasteiger charge is -2.33. The summed E-state index contributed by atoms with van der Waals surface area (Å²) in [5, 5.41) is 0. The number of thiophene rings is 1. The minimum atomic E-state index is 0.248. The van der Waals surface area contributed by atoms with Crippen molar-refractivity contribution >= 4 is 17.2 Å². The van der Waals surface area contributed by atoms with E-state index < -0.39 is 0 Å². The molecule has 1 unspecified atom stereocenters. The van der Waals surface area contributed by atoms with Crippen LogP contribution in [0.3, 0.4) is 0 Å². The van der Waals surface area contributed by atoms with Crippen LogP contribution in [0, 0.1) is 6.92 Å². The molecule has 0 radical (unpaired) electrons. The summed E-state index contributed by atoms with van der Waals surface area (Å²) in [6, 6.07) is 2.52. The molecule has 1 atom stereocenters. The highest BCUT2D eigenvalue weighted by Gasteiger charge is 2.25. The van der Waals surface area contributed by atoms with Gasteiger partial charge in [0, 0.05) is 17.5 Å². The standard InChI is InChI=1S/C15H23NOS/c1-4-7-13-10-14(18-12(13)3)15(17)16-9-6-5-8-11(16)2/h10-11H,4-9H2,1-3H3. The van der Waals surface area contributed by atoms with Gasteiger partial charge >= 0.3 is 0 Å². The number of likely N-dealkylation sites (tertiary alicyclic amines) is 1. The van der Waals surface area contributed by atoms with Crippen molar-refractivity contribution in [2.24, 2.45) is 0 Å². The molecule has 0 aliphatic carbocycles. The van der Waals surface area contributed by atoms with Gasteiger partial charge in [-0.15, -0.1) is 11.3 Å². The zero-order valence-corrected chi connectivity index (χ0v) is 12.5. The minimum absolute atomic E-state index is 0.248. The Bertz CT molecular complexity index is 424. The molecule has 3 heteroatoms. The molecule has 1 aliphatic heterocycles. The minimum Gasteiger partial charge on any atom is -0.335 e. The van der Waals surface area contributed by atoms with Gasteiger partial charge in [0.05, 0.1) is 4.88 Å². The maximum absolute atomic E-state index is 12.5. The molecular formula is C15H23NOS. The Hall–Kier alpha value is -0.830. The van der Waals surface area contributed by atoms with Crippen molar-refractivity contribution in [2.75, 3.05) is 6.54 Å². The van der Waals surface area contributed by atoms with Crippen molar-refractivity contribution in [3.8, 4) is 0 Å². The van der Waals surface area contributed by atoms with Crippen LogP contribution in [0.15, 0.2) is 6.07 Å². The summed E-state index contributed by atoms with van der Waals surface area (Å²) in [6.45, 7) is 7.42. The van der Waals surface area contributed by atoms with E-state index in [4.69, 9.17) is 0 Å². The Kier molecular flexibility index (Phi) is 4.44. The van der Waals surface area contributed by atoms with Crippen molar-refractivity contribution in [2.45, 2.75) is 58.9 Å². The Morgan fingerprint density at radius 3 is 2.94 bits per heavy atom. The molecule has 2 rings (SSSR count). The van der Waals surface area contributed by atoms with E-state index in [-0.39, 0.29) is 5.91 Å². The first-order valence-corrected chi connectivity index (χ1v) is 7.85. The first kappa shape index (κ1) is 13.6. The summed E-state index contributed by atoms with van der Waals surface area (Å²) >= 11 is 1.67. The monoisotopic (exact) mass is 265 g/mol. The molecule has 1 amide bonds. The highest BCUT2D eigenvalue weighted by Crippen LogP contribution is 2.26. The number of piperidine rings is 1. The molecular weight excluding hydrogens is 242 g/mol. The second-order valence-electron chi connectivity index (χ2n) is 5.29. The largest absolute Gasteiger partial charge is 0.335 e. The fourth-order valence-electron chi connectivity index (χ4n) is 2.68. The number of carbonyl (C=O) groups is 1. The topological polar surface area (TPSA) is 20.3 Å². The zero-order chi connectivity index (χ0) is 13.1. The van der Waals surface area contributed by atoms with Crippen molar-refractivity contribution in [1.82, 2.24) is 4.90 Å². The Morgan fingerprint density at radius 1 is 1.50 bits per heavy atom. The maximum atomic E-state index is 12.5. The van der Waals surface area contributed by atoms with Gasteiger partial charge in [-0.05, 0) is 51.2 Å². The highest BCUT2D eigenvalue weighted by molar-refractivity contribution is 7.14. The maximum Gasteiger partial charge on any atom is 0.264 e. The summed E-state index contributed by atoms with van der Waals surface area (Å²) in [4.78, 5) is 16.8. The molecule has 0 bridgehead atoms. The number of amides is 1. The van der Waals surface area contributed by atoms with Crippen LogP contribution in [0.5, 0.6) is 0 Å². The number of rotatable bonds is 3. The van der Waals surface area contributed by atoms with E-state index in [1.807, 2.05) is 0 Å². The third-order valence-corrected chi connectivity index (χ3v) is 4.90. The number of carbonyl (C=O) groups excluding carboxylic acids is 1. The normalized spacial score (nSPS) is 20.2. The van der Waals surface area contributed by atoms with Crippen molar-refractivity contribution in [1.29, 1.82) is 0 Å². The molecule has 18 heavy (non-hydrogen) atoms. The van der Waals surface area contributed by atoms with E-state index in [9.17, 15) is 4.79 Å². The van der Waals surface area contributed by atoms with Crippen molar-refractivity contribution in [3.63, 3.8) is 0 Å². The number of nitrogens with zero attached hydrogens (tertiary/aromatic N) is 1. The first-order chi connectivity index (χ1) is 8.63. The fourth-order valence-corrected chi connectivity index (χ4v) is 3.71. The van der Waals surface area contributed by atoms with Crippen molar-refractivity contribution < 1.29 is 4.79 Å². The second-order valence-corrected chi connectivity index (χ2v) is 6.54. The lowest BCUT2D eigenvalue weighted by atomic mass is 10.0. The van der Waals surface area contributed by atoms with E-state index in [0.717, 1.165) is 37.1 Å². The zero-order valence-electron chi connectivity index (χ0n) is 11.7. The van der Waals surface area contributed by atoms with Gasteiger partial charge in [-0.25, -0.2) is 0 Å². The Balaban J connectivity index is 2.15. The molecule has 0 spiro atoms. The molecule has 1 saturated heterocycles. The van der Waals surface area contributed by atoms with Crippen LogP contribution in [0.1, 0.15) is 59.6 Å². The van der Waals surface area contributed by atoms with Gasteiger partial charge in [-0.1, -0.05) is 13.3 Å². The number of hydrogen-bond donors (Lipinski definition) is 0. The van der Waals surface area contributed by atoms with Gasteiger partial charge in [0.2, 0.25) is 0 Å². The molecule has 1 aromatic rings. The summed E-state index contributed by atoms with van der Waals surface area (Å²) in [5.41, 5.74) is 1.36. The van der Waals surface area contributed by atoms with Gasteiger partial charge < -0.3 is 4.90 Å². The van der Waals surface area contributed by atoms with E-state index in [1.54, 1.807) is 11.3 Å². The Labute approximate surface area is 114 Å². The van der Waals surface area contributed by atoms with E-state index >= 15 is 0 Å². The smallest absolute Gasteiger partial charge is 0.264 e.